The fourth-order valence-corrected chi connectivity index (χ4v) is 2.42. The smallest absolute Gasteiger partial charge is 0.159 e. The first-order valence-electron chi connectivity index (χ1n) is 6.86. The van der Waals surface area contributed by atoms with Gasteiger partial charge >= 0.3 is 0 Å². The minimum absolute atomic E-state index is 0.0389. The zero-order valence-electron chi connectivity index (χ0n) is 12.7. The van der Waals surface area contributed by atoms with E-state index in [2.05, 4.69) is 42.8 Å². The highest BCUT2D eigenvalue weighted by molar-refractivity contribution is 9.10. The van der Waals surface area contributed by atoms with Crippen molar-refractivity contribution >= 4 is 21.7 Å². The molecular formula is C18H19BrO2. The Morgan fingerprint density at radius 3 is 2.38 bits per heavy atom. The molecule has 0 atom stereocenters. The van der Waals surface area contributed by atoms with E-state index in [-0.39, 0.29) is 11.2 Å². The predicted octanol–water partition coefficient (Wildman–Crippen LogP) is 5.74. The van der Waals surface area contributed by atoms with Gasteiger partial charge in [-0.15, -0.1) is 0 Å². The summed E-state index contributed by atoms with van der Waals surface area (Å²) in [6.45, 7) is 8.06. The van der Waals surface area contributed by atoms with Crippen LogP contribution in [0.3, 0.4) is 0 Å². The van der Waals surface area contributed by atoms with Gasteiger partial charge in [-0.2, -0.15) is 0 Å². The average molecular weight is 347 g/mol. The van der Waals surface area contributed by atoms with E-state index in [9.17, 15) is 4.79 Å². The summed E-state index contributed by atoms with van der Waals surface area (Å²) in [6, 6.07) is 13.4. The molecule has 0 fully saturated rings. The zero-order valence-corrected chi connectivity index (χ0v) is 14.3. The Morgan fingerprint density at radius 1 is 1.10 bits per heavy atom. The first-order valence-corrected chi connectivity index (χ1v) is 7.65. The van der Waals surface area contributed by atoms with Gasteiger partial charge in [0.05, 0.1) is 4.47 Å². The number of carbonyl (C=O) groups is 1. The molecular weight excluding hydrogens is 328 g/mol. The molecule has 0 aliphatic rings. The van der Waals surface area contributed by atoms with Gasteiger partial charge in [0.25, 0.3) is 0 Å². The van der Waals surface area contributed by atoms with Crippen LogP contribution in [0.1, 0.15) is 43.6 Å². The number of hydrogen-bond acceptors (Lipinski definition) is 2. The molecule has 0 aliphatic carbocycles. The normalized spacial score (nSPS) is 11.3. The SMILES string of the molecule is CC(=O)c1ccc(Oc2cccc(C(C)(C)C)c2)c(Br)c1. The van der Waals surface area contributed by atoms with Gasteiger partial charge in [0.2, 0.25) is 0 Å². The van der Waals surface area contributed by atoms with Crippen LogP contribution in [-0.2, 0) is 5.41 Å². The van der Waals surface area contributed by atoms with Crippen LogP contribution in [0.4, 0.5) is 0 Å². The molecule has 0 amide bonds. The number of hydrogen-bond donors (Lipinski definition) is 0. The molecule has 0 heterocycles. The Morgan fingerprint density at radius 2 is 1.81 bits per heavy atom. The second-order valence-corrected chi connectivity index (χ2v) is 6.94. The van der Waals surface area contributed by atoms with Crippen LogP contribution in [0.25, 0.3) is 0 Å². The second-order valence-electron chi connectivity index (χ2n) is 6.08. The Labute approximate surface area is 134 Å². The molecule has 0 unspecified atom stereocenters. The van der Waals surface area contributed by atoms with Crippen LogP contribution in [0.15, 0.2) is 46.9 Å². The third-order valence-electron chi connectivity index (χ3n) is 3.27. The highest BCUT2D eigenvalue weighted by atomic mass is 79.9. The lowest BCUT2D eigenvalue weighted by molar-refractivity contribution is 0.101. The van der Waals surface area contributed by atoms with Crippen LogP contribution in [-0.4, -0.2) is 5.78 Å². The van der Waals surface area contributed by atoms with Crippen molar-refractivity contribution in [2.45, 2.75) is 33.1 Å². The van der Waals surface area contributed by atoms with Gasteiger partial charge in [-0.05, 0) is 64.2 Å². The summed E-state index contributed by atoms with van der Waals surface area (Å²) in [4.78, 5) is 11.4. The molecule has 21 heavy (non-hydrogen) atoms. The number of carbonyl (C=O) groups excluding carboxylic acids is 1. The molecule has 3 heteroatoms. The summed E-state index contributed by atoms with van der Waals surface area (Å²) >= 11 is 3.45. The van der Waals surface area contributed by atoms with E-state index in [0.29, 0.717) is 11.3 Å². The first-order chi connectivity index (χ1) is 9.77. The standard InChI is InChI=1S/C18H19BrO2/c1-12(20)13-8-9-17(16(19)10-13)21-15-7-5-6-14(11-15)18(2,3)4/h5-11H,1-4H3. The molecule has 2 nitrogen and oxygen atoms in total. The van der Waals surface area contributed by atoms with E-state index in [1.165, 1.54) is 5.56 Å². The van der Waals surface area contributed by atoms with Gasteiger partial charge in [0, 0.05) is 5.56 Å². The third-order valence-corrected chi connectivity index (χ3v) is 3.89. The maximum atomic E-state index is 11.4. The first kappa shape index (κ1) is 15.8. The van der Waals surface area contributed by atoms with E-state index in [0.717, 1.165) is 10.2 Å². The van der Waals surface area contributed by atoms with Gasteiger partial charge in [-0.1, -0.05) is 32.9 Å². The van der Waals surface area contributed by atoms with E-state index >= 15 is 0 Å². The van der Waals surface area contributed by atoms with Crippen molar-refractivity contribution in [3.05, 3.63) is 58.1 Å². The summed E-state index contributed by atoms with van der Waals surface area (Å²) in [5.41, 5.74) is 1.96. The highest BCUT2D eigenvalue weighted by Gasteiger charge is 2.14. The van der Waals surface area contributed by atoms with E-state index in [1.54, 1.807) is 19.1 Å². The summed E-state index contributed by atoms with van der Waals surface area (Å²) in [7, 11) is 0. The fraction of sp³-hybridized carbons (Fsp3) is 0.278. The largest absolute Gasteiger partial charge is 0.456 e. The molecule has 0 saturated heterocycles. The van der Waals surface area contributed by atoms with Crippen LogP contribution >= 0.6 is 15.9 Å². The summed E-state index contributed by atoms with van der Waals surface area (Å²) < 4.78 is 6.70. The van der Waals surface area contributed by atoms with Gasteiger partial charge in [-0.25, -0.2) is 0 Å². The predicted molar refractivity (Wildman–Crippen MR) is 89.4 cm³/mol. The Balaban J connectivity index is 2.28. The van der Waals surface area contributed by atoms with Crippen molar-refractivity contribution in [2.24, 2.45) is 0 Å². The van der Waals surface area contributed by atoms with Gasteiger partial charge in [0.1, 0.15) is 11.5 Å². The third kappa shape index (κ3) is 3.94. The van der Waals surface area contributed by atoms with Gasteiger partial charge in [0.15, 0.2) is 5.78 Å². The number of halogens is 1. The Bertz CT molecular complexity index is 669. The number of rotatable bonds is 3. The maximum absolute atomic E-state index is 11.4. The molecule has 0 radical (unpaired) electrons. The van der Waals surface area contributed by atoms with Crippen LogP contribution in [0.5, 0.6) is 11.5 Å². The van der Waals surface area contributed by atoms with E-state index in [1.807, 2.05) is 24.3 Å². The monoisotopic (exact) mass is 346 g/mol. The fourth-order valence-electron chi connectivity index (χ4n) is 1.96. The second kappa shape index (κ2) is 6.02. The minimum atomic E-state index is 0.0389. The number of benzene rings is 2. The van der Waals surface area contributed by atoms with Crippen molar-refractivity contribution in [1.29, 1.82) is 0 Å². The van der Waals surface area contributed by atoms with Crippen molar-refractivity contribution < 1.29 is 9.53 Å². The molecule has 0 N–H and O–H groups in total. The number of ether oxygens (including phenoxy) is 1. The molecule has 0 bridgehead atoms. The summed E-state index contributed by atoms with van der Waals surface area (Å²) in [5.74, 6) is 1.53. The molecule has 2 aromatic carbocycles. The van der Waals surface area contributed by atoms with Crippen molar-refractivity contribution in [3.8, 4) is 11.5 Å². The summed E-state index contributed by atoms with van der Waals surface area (Å²) in [6.07, 6.45) is 0. The molecule has 2 rings (SSSR count). The Hall–Kier alpha value is -1.61. The van der Waals surface area contributed by atoms with Crippen molar-refractivity contribution in [1.82, 2.24) is 0 Å². The maximum Gasteiger partial charge on any atom is 0.159 e. The van der Waals surface area contributed by atoms with Crippen molar-refractivity contribution in [3.63, 3.8) is 0 Å². The quantitative estimate of drug-likeness (QED) is 0.662. The molecule has 0 aromatic heterocycles. The molecule has 0 spiro atoms. The lowest BCUT2D eigenvalue weighted by Crippen LogP contribution is -2.10. The molecule has 0 aliphatic heterocycles. The lowest BCUT2D eigenvalue weighted by Gasteiger charge is -2.20. The minimum Gasteiger partial charge on any atom is -0.456 e. The van der Waals surface area contributed by atoms with Gasteiger partial charge < -0.3 is 4.74 Å². The van der Waals surface area contributed by atoms with Gasteiger partial charge in [-0.3, -0.25) is 4.79 Å². The average Bonchev–Trinajstić information content (AvgIpc) is 2.40. The number of ketones is 1. The van der Waals surface area contributed by atoms with Crippen LogP contribution < -0.4 is 4.74 Å². The number of Topliss-reactive ketones (excluding diaryl/α,β-unsaturated/α-hetero) is 1. The van der Waals surface area contributed by atoms with Crippen LogP contribution in [0.2, 0.25) is 0 Å². The topological polar surface area (TPSA) is 26.3 Å². The van der Waals surface area contributed by atoms with E-state index in [4.69, 9.17) is 4.74 Å². The molecule has 110 valence electrons. The van der Waals surface area contributed by atoms with Crippen LogP contribution in [0, 0.1) is 0 Å². The Kier molecular flexibility index (Phi) is 4.52. The van der Waals surface area contributed by atoms with E-state index < -0.39 is 0 Å². The highest BCUT2D eigenvalue weighted by Crippen LogP contribution is 2.32. The zero-order chi connectivity index (χ0) is 15.6. The summed E-state index contributed by atoms with van der Waals surface area (Å²) in [5, 5.41) is 0. The lowest BCUT2D eigenvalue weighted by atomic mass is 9.87. The molecule has 2 aromatic rings. The molecule has 0 saturated carbocycles. The van der Waals surface area contributed by atoms with Crippen molar-refractivity contribution in [2.75, 3.05) is 0 Å².